The van der Waals surface area contributed by atoms with E-state index in [2.05, 4.69) is 15.2 Å². The number of thiazole rings is 1. The highest BCUT2D eigenvalue weighted by Gasteiger charge is 2.51. The molecule has 23 heavy (non-hydrogen) atoms. The zero-order valence-corrected chi connectivity index (χ0v) is 13.8. The first kappa shape index (κ1) is 14.8. The van der Waals surface area contributed by atoms with E-state index in [0.717, 1.165) is 38.4 Å². The van der Waals surface area contributed by atoms with E-state index < -0.39 is 0 Å². The van der Waals surface area contributed by atoms with E-state index >= 15 is 0 Å². The fourth-order valence-corrected chi connectivity index (χ4v) is 4.38. The maximum Gasteiger partial charge on any atom is 0.273 e. The lowest BCUT2D eigenvalue weighted by Crippen LogP contribution is -2.37. The van der Waals surface area contributed by atoms with Crippen LogP contribution in [0.25, 0.3) is 0 Å². The minimum Gasteiger partial charge on any atom is -0.381 e. The van der Waals surface area contributed by atoms with Gasteiger partial charge in [0.1, 0.15) is 17.8 Å². The van der Waals surface area contributed by atoms with Crippen molar-refractivity contribution in [2.75, 3.05) is 26.3 Å². The second-order valence-corrected chi connectivity index (χ2v) is 7.11. The minimum absolute atomic E-state index is 0.0155. The molecule has 2 aromatic rings. The average Bonchev–Trinajstić information content (AvgIpc) is 3.28. The summed E-state index contributed by atoms with van der Waals surface area (Å²) in [5, 5.41) is 10.2. The van der Waals surface area contributed by atoms with Gasteiger partial charge in [0.05, 0.1) is 5.51 Å². The molecule has 0 aromatic carbocycles. The van der Waals surface area contributed by atoms with Crippen LogP contribution in [-0.2, 0) is 11.8 Å². The molecule has 2 aromatic heterocycles. The van der Waals surface area contributed by atoms with Gasteiger partial charge in [-0.05, 0) is 12.8 Å². The standard InChI is InChI=1S/C15H19N5O2S/c1-19-9-17-18-13(19)11-6-20(14(21)12-7-23-10-16-12)8-15(11)2-4-22-5-3-15/h7,9-11H,2-6,8H2,1H3. The first-order valence-corrected chi connectivity index (χ1v) is 8.73. The molecular formula is C15H19N5O2S. The molecule has 4 heterocycles. The molecular weight excluding hydrogens is 314 g/mol. The number of carbonyl (C=O) groups excluding carboxylic acids is 1. The zero-order chi connectivity index (χ0) is 15.9. The molecule has 122 valence electrons. The molecule has 0 N–H and O–H groups in total. The molecule has 1 spiro atoms. The molecule has 4 rings (SSSR count). The normalized spacial score (nSPS) is 23.5. The largest absolute Gasteiger partial charge is 0.381 e. The van der Waals surface area contributed by atoms with Gasteiger partial charge in [-0.15, -0.1) is 21.5 Å². The molecule has 2 saturated heterocycles. The highest BCUT2D eigenvalue weighted by molar-refractivity contribution is 7.07. The summed E-state index contributed by atoms with van der Waals surface area (Å²) in [6.45, 7) is 2.90. The number of aromatic nitrogens is 4. The minimum atomic E-state index is 0.0155. The highest BCUT2D eigenvalue weighted by atomic mass is 32.1. The monoisotopic (exact) mass is 333 g/mol. The van der Waals surface area contributed by atoms with E-state index in [9.17, 15) is 4.79 Å². The van der Waals surface area contributed by atoms with Gasteiger partial charge in [-0.1, -0.05) is 0 Å². The second-order valence-electron chi connectivity index (χ2n) is 6.39. The van der Waals surface area contributed by atoms with Gasteiger partial charge in [0.25, 0.3) is 5.91 Å². The van der Waals surface area contributed by atoms with Gasteiger partial charge in [-0.3, -0.25) is 4.79 Å². The smallest absolute Gasteiger partial charge is 0.273 e. The molecule has 2 aliphatic rings. The lowest BCUT2D eigenvalue weighted by Gasteiger charge is -2.37. The van der Waals surface area contributed by atoms with Crippen molar-refractivity contribution in [2.45, 2.75) is 18.8 Å². The third-order valence-electron chi connectivity index (χ3n) is 5.13. The molecule has 0 aliphatic carbocycles. The Morgan fingerprint density at radius 3 is 2.91 bits per heavy atom. The van der Waals surface area contributed by atoms with Gasteiger partial charge in [-0.2, -0.15) is 0 Å². The number of hydrogen-bond acceptors (Lipinski definition) is 6. The fraction of sp³-hybridized carbons (Fsp3) is 0.600. The van der Waals surface area contributed by atoms with Crippen LogP contribution in [0.5, 0.6) is 0 Å². The summed E-state index contributed by atoms with van der Waals surface area (Å²) >= 11 is 1.45. The summed E-state index contributed by atoms with van der Waals surface area (Å²) in [7, 11) is 1.97. The quantitative estimate of drug-likeness (QED) is 0.828. The van der Waals surface area contributed by atoms with Crippen LogP contribution in [0.15, 0.2) is 17.2 Å². The summed E-state index contributed by atoms with van der Waals surface area (Å²) in [6, 6.07) is 0. The van der Waals surface area contributed by atoms with Crippen LogP contribution in [0.4, 0.5) is 0 Å². The van der Waals surface area contributed by atoms with E-state index in [0.29, 0.717) is 12.2 Å². The highest BCUT2D eigenvalue weighted by Crippen LogP contribution is 2.49. The molecule has 2 fully saturated rings. The Morgan fingerprint density at radius 1 is 1.43 bits per heavy atom. The van der Waals surface area contributed by atoms with E-state index in [1.807, 2.05) is 21.9 Å². The molecule has 0 saturated carbocycles. The van der Waals surface area contributed by atoms with Crippen LogP contribution in [0.3, 0.4) is 0 Å². The molecule has 7 nitrogen and oxygen atoms in total. The number of ether oxygens (including phenoxy) is 1. The lowest BCUT2D eigenvalue weighted by molar-refractivity contribution is 0.0108. The van der Waals surface area contributed by atoms with Crippen LogP contribution < -0.4 is 0 Å². The zero-order valence-electron chi connectivity index (χ0n) is 13.0. The Hall–Kier alpha value is -1.80. The van der Waals surface area contributed by atoms with Crippen molar-refractivity contribution in [2.24, 2.45) is 12.5 Å². The number of rotatable bonds is 2. The number of likely N-dealkylation sites (tertiary alicyclic amines) is 1. The van der Waals surface area contributed by atoms with E-state index in [-0.39, 0.29) is 17.2 Å². The summed E-state index contributed by atoms with van der Waals surface area (Å²) < 4.78 is 7.53. The Kier molecular flexibility index (Phi) is 3.65. The number of nitrogens with zero attached hydrogens (tertiary/aromatic N) is 5. The predicted octanol–water partition coefficient (Wildman–Crippen LogP) is 1.31. The first-order valence-electron chi connectivity index (χ1n) is 7.79. The van der Waals surface area contributed by atoms with Gasteiger partial charge >= 0.3 is 0 Å². The fourth-order valence-electron chi connectivity index (χ4n) is 3.85. The van der Waals surface area contributed by atoms with E-state index in [1.165, 1.54) is 11.3 Å². The predicted molar refractivity (Wildman–Crippen MR) is 84.2 cm³/mol. The van der Waals surface area contributed by atoms with Gasteiger partial charge in [0.2, 0.25) is 0 Å². The third kappa shape index (κ3) is 2.46. The van der Waals surface area contributed by atoms with Crippen LogP contribution in [0.2, 0.25) is 0 Å². The van der Waals surface area contributed by atoms with Crippen LogP contribution in [0, 0.1) is 5.41 Å². The molecule has 0 bridgehead atoms. The third-order valence-corrected chi connectivity index (χ3v) is 5.72. The Bertz CT molecular complexity index is 693. The maximum absolute atomic E-state index is 12.7. The SMILES string of the molecule is Cn1cnnc1C1CN(C(=O)c2cscn2)CC12CCOCC2. The average molecular weight is 333 g/mol. The van der Waals surface area contributed by atoms with Crippen molar-refractivity contribution in [3.05, 3.63) is 28.7 Å². The first-order chi connectivity index (χ1) is 11.2. The second kappa shape index (κ2) is 5.68. The van der Waals surface area contributed by atoms with Crippen molar-refractivity contribution in [1.82, 2.24) is 24.6 Å². The van der Waals surface area contributed by atoms with Crippen molar-refractivity contribution in [1.29, 1.82) is 0 Å². The molecule has 8 heteroatoms. The molecule has 1 atom stereocenters. The van der Waals surface area contributed by atoms with Crippen molar-refractivity contribution >= 4 is 17.2 Å². The summed E-state index contributed by atoms with van der Waals surface area (Å²) in [5.41, 5.74) is 2.27. The Morgan fingerprint density at radius 2 is 2.26 bits per heavy atom. The van der Waals surface area contributed by atoms with Crippen LogP contribution in [0.1, 0.15) is 35.1 Å². The Labute approximate surface area is 138 Å². The molecule has 0 radical (unpaired) electrons. The van der Waals surface area contributed by atoms with Crippen molar-refractivity contribution in [3.8, 4) is 0 Å². The Balaban J connectivity index is 1.66. The molecule has 2 aliphatic heterocycles. The number of carbonyl (C=O) groups is 1. The topological polar surface area (TPSA) is 73.1 Å². The maximum atomic E-state index is 12.7. The van der Waals surface area contributed by atoms with Gasteiger partial charge in [0, 0.05) is 50.1 Å². The molecule has 1 amide bonds. The van der Waals surface area contributed by atoms with Gasteiger partial charge < -0.3 is 14.2 Å². The summed E-state index contributed by atoms with van der Waals surface area (Å²) in [5.74, 6) is 1.17. The van der Waals surface area contributed by atoms with Crippen LogP contribution in [-0.4, -0.2) is 56.9 Å². The number of amides is 1. The van der Waals surface area contributed by atoms with Gasteiger partial charge in [-0.25, -0.2) is 4.98 Å². The summed E-state index contributed by atoms with van der Waals surface area (Å²) in [4.78, 5) is 18.8. The van der Waals surface area contributed by atoms with Gasteiger partial charge in [0.15, 0.2) is 0 Å². The lowest BCUT2D eigenvalue weighted by atomic mass is 9.72. The van der Waals surface area contributed by atoms with Crippen LogP contribution >= 0.6 is 11.3 Å². The van der Waals surface area contributed by atoms with Crippen molar-refractivity contribution < 1.29 is 9.53 Å². The molecule has 1 unspecified atom stereocenters. The van der Waals surface area contributed by atoms with E-state index in [4.69, 9.17) is 4.74 Å². The summed E-state index contributed by atoms with van der Waals surface area (Å²) in [6.07, 6.45) is 3.63. The van der Waals surface area contributed by atoms with E-state index in [1.54, 1.807) is 11.8 Å². The number of hydrogen-bond donors (Lipinski definition) is 0. The number of aryl methyl sites for hydroxylation is 1. The van der Waals surface area contributed by atoms with Crippen molar-refractivity contribution in [3.63, 3.8) is 0 Å².